The first-order valence-corrected chi connectivity index (χ1v) is 8.23. The molecule has 0 aliphatic carbocycles. The van der Waals surface area contributed by atoms with Gasteiger partial charge in [-0.25, -0.2) is 0 Å². The Morgan fingerprint density at radius 3 is 2.52 bits per heavy atom. The maximum atomic E-state index is 11.9. The first-order valence-electron chi connectivity index (χ1n) is 7.44. The van der Waals surface area contributed by atoms with Crippen LogP contribution in [0.1, 0.15) is 19.4 Å². The summed E-state index contributed by atoms with van der Waals surface area (Å²) in [4.78, 5) is 11.9. The van der Waals surface area contributed by atoms with Crippen molar-refractivity contribution >= 4 is 21.8 Å². The molecule has 4 nitrogen and oxygen atoms in total. The summed E-state index contributed by atoms with van der Waals surface area (Å²) in [6, 6.07) is 15.0. The highest BCUT2D eigenvalue weighted by atomic mass is 79.9. The topological polar surface area (TPSA) is 47.6 Å². The van der Waals surface area contributed by atoms with Gasteiger partial charge in [-0.3, -0.25) is 4.79 Å². The Bertz CT molecular complexity index is 641. The number of para-hydroxylation sites is 1. The van der Waals surface area contributed by atoms with Crippen LogP contribution in [-0.4, -0.2) is 18.6 Å². The number of halogens is 1. The Morgan fingerprint density at radius 1 is 1.13 bits per heavy atom. The van der Waals surface area contributed by atoms with Gasteiger partial charge in [0.15, 0.2) is 6.61 Å². The minimum Gasteiger partial charge on any atom is -0.491 e. The van der Waals surface area contributed by atoms with Gasteiger partial charge in [0.25, 0.3) is 5.91 Å². The van der Waals surface area contributed by atoms with Crippen LogP contribution in [-0.2, 0) is 11.3 Å². The van der Waals surface area contributed by atoms with Crippen molar-refractivity contribution in [2.24, 2.45) is 0 Å². The number of carbonyl (C=O) groups is 1. The molecular formula is C18H20BrNO3. The van der Waals surface area contributed by atoms with Crippen molar-refractivity contribution < 1.29 is 14.3 Å². The number of benzene rings is 2. The van der Waals surface area contributed by atoms with Gasteiger partial charge in [0.05, 0.1) is 6.10 Å². The van der Waals surface area contributed by atoms with E-state index in [2.05, 4.69) is 21.2 Å². The van der Waals surface area contributed by atoms with Gasteiger partial charge in [-0.2, -0.15) is 0 Å². The molecule has 1 N–H and O–H groups in total. The predicted molar refractivity (Wildman–Crippen MR) is 93.7 cm³/mol. The van der Waals surface area contributed by atoms with Crippen molar-refractivity contribution in [1.29, 1.82) is 0 Å². The SMILES string of the molecule is CC(C)Oc1ccccc1CNC(=O)COc1ccc(Br)cc1. The van der Waals surface area contributed by atoms with Crippen LogP contribution in [0.5, 0.6) is 11.5 Å². The monoisotopic (exact) mass is 377 g/mol. The lowest BCUT2D eigenvalue weighted by atomic mass is 10.2. The van der Waals surface area contributed by atoms with Crippen LogP contribution in [0.15, 0.2) is 53.0 Å². The second kappa shape index (κ2) is 8.58. The van der Waals surface area contributed by atoms with Gasteiger partial charge < -0.3 is 14.8 Å². The van der Waals surface area contributed by atoms with Gasteiger partial charge in [-0.05, 0) is 44.2 Å². The van der Waals surface area contributed by atoms with Crippen LogP contribution in [0.25, 0.3) is 0 Å². The molecule has 0 spiro atoms. The lowest BCUT2D eigenvalue weighted by molar-refractivity contribution is -0.123. The van der Waals surface area contributed by atoms with E-state index < -0.39 is 0 Å². The van der Waals surface area contributed by atoms with Gasteiger partial charge >= 0.3 is 0 Å². The number of rotatable bonds is 7. The highest BCUT2D eigenvalue weighted by Crippen LogP contribution is 2.19. The van der Waals surface area contributed by atoms with E-state index >= 15 is 0 Å². The fourth-order valence-electron chi connectivity index (χ4n) is 1.94. The molecule has 2 aromatic carbocycles. The summed E-state index contributed by atoms with van der Waals surface area (Å²) in [6.45, 7) is 4.34. The molecule has 0 saturated carbocycles. The summed E-state index contributed by atoms with van der Waals surface area (Å²) in [5.41, 5.74) is 0.943. The average molecular weight is 378 g/mol. The molecular weight excluding hydrogens is 358 g/mol. The molecule has 0 aromatic heterocycles. The van der Waals surface area contributed by atoms with Crippen molar-refractivity contribution in [2.75, 3.05) is 6.61 Å². The summed E-state index contributed by atoms with van der Waals surface area (Å²) >= 11 is 3.35. The summed E-state index contributed by atoms with van der Waals surface area (Å²) in [5.74, 6) is 1.27. The van der Waals surface area contributed by atoms with Crippen LogP contribution in [0.4, 0.5) is 0 Å². The minimum atomic E-state index is -0.174. The van der Waals surface area contributed by atoms with Crippen LogP contribution in [0.2, 0.25) is 0 Å². The fraction of sp³-hybridized carbons (Fsp3) is 0.278. The number of carbonyl (C=O) groups excluding carboxylic acids is 1. The molecule has 0 saturated heterocycles. The van der Waals surface area contributed by atoms with E-state index in [1.54, 1.807) is 0 Å². The number of hydrogen-bond donors (Lipinski definition) is 1. The van der Waals surface area contributed by atoms with Crippen molar-refractivity contribution in [1.82, 2.24) is 5.32 Å². The van der Waals surface area contributed by atoms with Crippen molar-refractivity contribution in [2.45, 2.75) is 26.5 Å². The van der Waals surface area contributed by atoms with Gasteiger partial charge in [0.1, 0.15) is 11.5 Å². The van der Waals surface area contributed by atoms with Gasteiger partial charge in [-0.15, -0.1) is 0 Å². The third-order valence-electron chi connectivity index (χ3n) is 2.99. The van der Waals surface area contributed by atoms with Crippen LogP contribution < -0.4 is 14.8 Å². The summed E-state index contributed by atoms with van der Waals surface area (Å²) in [6.07, 6.45) is 0.0904. The molecule has 0 bridgehead atoms. The molecule has 0 unspecified atom stereocenters. The molecule has 2 rings (SSSR count). The molecule has 23 heavy (non-hydrogen) atoms. The van der Waals surface area contributed by atoms with Crippen LogP contribution in [0, 0.1) is 0 Å². The first kappa shape index (κ1) is 17.3. The summed E-state index contributed by atoms with van der Waals surface area (Å²) in [7, 11) is 0. The molecule has 2 aromatic rings. The maximum Gasteiger partial charge on any atom is 0.258 e. The van der Waals surface area contributed by atoms with E-state index in [9.17, 15) is 4.79 Å². The van der Waals surface area contributed by atoms with Crippen LogP contribution >= 0.6 is 15.9 Å². The van der Waals surface area contributed by atoms with E-state index in [1.165, 1.54) is 0 Å². The van der Waals surface area contributed by atoms with Gasteiger partial charge in [-0.1, -0.05) is 34.1 Å². The normalized spacial score (nSPS) is 10.4. The molecule has 0 aliphatic rings. The molecule has 0 fully saturated rings. The standard InChI is InChI=1S/C18H20BrNO3/c1-13(2)23-17-6-4-3-5-14(17)11-20-18(21)12-22-16-9-7-15(19)8-10-16/h3-10,13H,11-12H2,1-2H3,(H,20,21). The Kier molecular flexibility index (Phi) is 6.47. The fourth-order valence-corrected chi connectivity index (χ4v) is 2.21. The number of nitrogens with one attached hydrogen (secondary N) is 1. The van der Waals surface area contributed by atoms with E-state index in [0.29, 0.717) is 12.3 Å². The van der Waals surface area contributed by atoms with Crippen LogP contribution in [0.3, 0.4) is 0 Å². The maximum absolute atomic E-state index is 11.9. The molecule has 1 amide bonds. The summed E-state index contributed by atoms with van der Waals surface area (Å²) in [5, 5.41) is 2.84. The zero-order valence-electron chi connectivity index (χ0n) is 13.2. The van der Waals surface area contributed by atoms with E-state index in [1.807, 2.05) is 62.4 Å². The number of ether oxygens (including phenoxy) is 2. The predicted octanol–water partition coefficient (Wildman–Crippen LogP) is 3.93. The highest BCUT2D eigenvalue weighted by molar-refractivity contribution is 9.10. The van der Waals surface area contributed by atoms with Gasteiger partial charge in [0.2, 0.25) is 0 Å². The average Bonchev–Trinajstić information content (AvgIpc) is 2.53. The molecule has 0 aliphatic heterocycles. The minimum absolute atomic E-state index is 0.0190. The van der Waals surface area contributed by atoms with Crippen molar-refractivity contribution in [3.63, 3.8) is 0 Å². The second-order valence-corrected chi connectivity index (χ2v) is 6.21. The zero-order chi connectivity index (χ0) is 16.7. The smallest absolute Gasteiger partial charge is 0.258 e. The Hall–Kier alpha value is -2.01. The largest absolute Gasteiger partial charge is 0.491 e. The Morgan fingerprint density at radius 2 is 1.83 bits per heavy atom. The Balaban J connectivity index is 1.83. The molecule has 0 heterocycles. The molecule has 0 atom stereocenters. The molecule has 5 heteroatoms. The lowest BCUT2D eigenvalue weighted by Crippen LogP contribution is -2.28. The van der Waals surface area contributed by atoms with E-state index in [-0.39, 0.29) is 18.6 Å². The second-order valence-electron chi connectivity index (χ2n) is 5.29. The molecule has 0 radical (unpaired) electrons. The first-order chi connectivity index (χ1) is 11.0. The van der Waals surface area contributed by atoms with Crippen molar-refractivity contribution in [3.05, 3.63) is 58.6 Å². The lowest BCUT2D eigenvalue weighted by Gasteiger charge is -2.14. The van der Waals surface area contributed by atoms with Crippen molar-refractivity contribution in [3.8, 4) is 11.5 Å². The van der Waals surface area contributed by atoms with E-state index in [0.717, 1.165) is 15.8 Å². The third kappa shape index (κ3) is 5.94. The highest BCUT2D eigenvalue weighted by Gasteiger charge is 2.07. The Labute approximate surface area is 144 Å². The third-order valence-corrected chi connectivity index (χ3v) is 3.52. The molecule has 122 valence electrons. The van der Waals surface area contributed by atoms with Gasteiger partial charge in [0, 0.05) is 16.6 Å². The van der Waals surface area contributed by atoms with E-state index in [4.69, 9.17) is 9.47 Å². The summed E-state index contributed by atoms with van der Waals surface area (Å²) < 4.78 is 12.1. The zero-order valence-corrected chi connectivity index (χ0v) is 14.8. The number of amides is 1. The quantitative estimate of drug-likeness (QED) is 0.794. The number of hydrogen-bond acceptors (Lipinski definition) is 3.